The first-order valence-corrected chi connectivity index (χ1v) is 10.1. The van der Waals surface area contributed by atoms with E-state index in [0.717, 1.165) is 37.9 Å². The molecule has 0 amide bonds. The van der Waals surface area contributed by atoms with Crippen LogP contribution >= 0.6 is 24.0 Å². The number of halogens is 1. The van der Waals surface area contributed by atoms with E-state index >= 15 is 0 Å². The lowest BCUT2D eigenvalue weighted by Gasteiger charge is -2.20. The number of nitrogens with zero attached hydrogens (tertiary/aromatic N) is 2. The molecule has 1 fully saturated rings. The first-order chi connectivity index (χ1) is 13.7. The van der Waals surface area contributed by atoms with E-state index in [4.69, 9.17) is 9.73 Å². The predicted octanol–water partition coefficient (Wildman–Crippen LogP) is 4.20. The molecule has 1 saturated heterocycles. The maximum Gasteiger partial charge on any atom is 0.191 e. The second-order valence-corrected chi connectivity index (χ2v) is 7.30. The van der Waals surface area contributed by atoms with Crippen LogP contribution in [0.15, 0.2) is 53.5 Å². The number of hydrogen-bond donors (Lipinski definition) is 2. The molecule has 1 aliphatic rings. The topological polar surface area (TPSA) is 48.9 Å². The number of aliphatic imine (C=N–C) groups is 1. The zero-order chi connectivity index (χ0) is 19.8. The van der Waals surface area contributed by atoms with Crippen LogP contribution in [-0.4, -0.2) is 39.2 Å². The summed E-state index contributed by atoms with van der Waals surface area (Å²) in [5, 5.41) is 6.90. The molecule has 6 heteroatoms. The largest absolute Gasteiger partial charge is 0.497 e. The molecule has 0 aromatic heterocycles. The summed E-state index contributed by atoms with van der Waals surface area (Å²) in [6, 6.07) is 16.7. The van der Waals surface area contributed by atoms with Crippen molar-refractivity contribution in [2.45, 2.75) is 26.8 Å². The van der Waals surface area contributed by atoms with Gasteiger partial charge in [-0.25, -0.2) is 4.99 Å². The number of rotatable bonds is 7. The third-order valence-electron chi connectivity index (χ3n) is 5.28. The van der Waals surface area contributed by atoms with Crippen LogP contribution in [0.5, 0.6) is 5.75 Å². The number of methoxy groups -OCH3 is 1. The second kappa shape index (κ2) is 11.9. The normalized spacial score (nSPS) is 16.3. The summed E-state index contributed by atoms with van der Waals surface area (Å²) < 4.78 is 5.36. The Hall–Kier alpha value is -1.96. The minimum atomic E-state index is 0. The van der Waals surface area contributed by atoms with Gasteiger partial charge in [0.15, 0.2) is 5.96 Å². The highest BCUT2D eigenvalue weighted by molar-refractivity contribution is 14.0. The highest BCUT2D eigenvalue weighted by Crippen LogP contribution is 2.26. The van der Waals surface area contributed by atoms with Gasteiger partial charge in [-0.3, -0.25) is 0 Å². The molecule has 0 bridgehead atoms. The summed E-state index contributed by atoms with van der Waals surface area (Å²) in [6.07, 6.45) is 1.18. The van der Waals surface area contributed by atoms with Crippen LogP contribution in [-0.2, 0) is 6.54 Å². The van der Waals surface area contributed by atoms with Crippen molar-refractivity contribution in [1.29, 1.82) is 0 Å². The number of benzene rings is 2. The van der Waals surface area contributed by atoms with E-state index < -0.39 is 0 Å². The number of anilines is 1. The van der Waals surface area contributed by atoms with Gasteiger partial charge in [0.1, 0.15) is 5.75 Å². The number of ether oxygens (including phenoxy) is 1. The van der Waals surface area contributed by atoms with Crippen molar-refractivity contribution in [3.63, 3.8) is 0 Å². The average Bonchev–Trinajstić information content (AvgIpc) is 3.20. The first kappa shape index (κ1) is 23.3. The molecule has 2 aromatic rings. The third kappa shape index (κ3) is 6.80. The van der Waals surface area contributed by atoms with Gasteiger partial charge in [0.2, 0.25) is 0 Å². The van der Waals surface area contributed by atoms with Gasteiger partial charge in [-0.15, -0.1) is 24.0 Å². The fraction of sp³-hybridized carbons (Fsp3) is 0.435. The van der Waals surface area contributed by atoms with Gasteiger partial charge < -0.3 is 20.3 Å². The van der Waals surface area contributed by atoms with Crippen molar-refractivity contribution >= 4 is 35.6 Å². The Labute approximate surface area is 192 Å². The molecule has 0 aliphatic carbocycles. The van der Waals surface area contributed by atoms with Crippen LogP contribution < -0.4 is 20.3 Å². The minimum absolute atomic E-state index is 0. The predicted molar refractivity (Wildman–Crippen MR) is 133 cm³/mol. The van der Waals surface area contributed by atoms with Crippen LogP contribution in [0.4, 0.5) is 5.69 Å². The third-order valence-corrected chi connectivity index (χ3v) is 5.28. The standard InChI is InChI=1S/C23H32N4O.HI/c1-4-24-23(26-16-20-9-6-5-8-18(20)2)25-15-19-12-13-27(17-19)21-10-7-11-22(14-21)28-3;/h5-11,14,19H,4,12-13,15-17H2,1-3H3,(H2,24,25,26);1H. The molecule has 5 nitrogen and oxygen atoms in total. The maximum atomic E-state index is 5.36. The molecule has 29 heavy (non-hydrogen) atoms. The van der Waals surface area contributed by atoms with Gasteiger partial charge in [0.25, 0.3) is 0 Å². The van der Waals surface area contributed by atoms with E-state index in [1.807, 2.05) is 6.07 Å². The van der Waals surface area contributed by atoms with Gasteiger partial charge >= 0.3 is 0 Å². The SMILES string of the molecule is CCNC(=NCc1ccccc1C)NCC1CCN(c2cccc(OC)c2)C1.I. The summed E-state index contributed by atoms with van der Waals surface area (Å²) in [4.78, 5) is 7.21. The molecule has 1 unspecified atom stereocenters. The molecular formula is C23H33IN4O. The highest BCUT2D eigenvalue weighted by atomic mass is 127. The Morgan fingerprint density at radius 2 is 2.00 bits per heavy atom. The molecule has 2 aromatic carbocycles. The van der Waals surface area contributed by atoms with Crippen LogP contribution in [0.1, 0.15) is 24.5 Å². The van der Waals surface area contributed by atoms with E-state index in [1.165, 1.54) is 23.2 Å². The van der Waals surface area contributed by atoms with Gasteiger partial charge in [-0.2, -0.15) is 0 Å². The number of guanidine groups is 1. The Morgan fingerprint density at radius 3 is 2.76 bits per heavy atom. The monoisotopic (exact) mass is 508 g/mol. The minimum Gasteiger partial charge on any atom is -0.497 e. The first-order valence-electron chi connectivity index (χ1n) is 10.1. The maximum absolute atomic E-state index is 5.36. The fourth-order valence-electron chi connectivity index (χ4n) is 3.58. The van der Waals surface area contributed by atoms with Crippen molar-refractivity contribution in [3.8, 4) is 5.75 Å². The summed E-state index contributed by atoms with van der Waals surface area (Å²) >= 11 is 0. The Balaban J connectivity index is 0.00000300. The van der Waals surface area contributed by atoms with Crippen LogP contribution in [0.2, 0.25) is 0 Å². The second-order valence-electron chi connectivity index (χ2n) is 7.30. The molecule has 0 saturated carbocycles. The molecule has 0 radical (unpaired) electrons. The molecule has 1 aliphatic heterocycles. The van der Waals surface area contributed by atoms with E-state index in [1.54, 1.807) is 7.11 Å². The summed E-state index contributed by atoms with van der Waals surface area (Å²) in [7, 11) is 1.72. The van der Waals surface area contributed by atoms with Crippen molar-refractivity contribution in [2.75, 3.05) is 38.2 Å². The van der Waals surface area contributed by atoms with E-state index in [0.29, 0.717) is 12.5 Å². The molecule has 3 rings (SSSR count). The van der Waals surface area contributed by atoms with Crippen molar-refractivity contribution in [2.24, 2.45) is 10.9 Å². The lowest BCUT2D eigenvalue weighted by Crippen LogP contribution is -2.40. The molecule has 1 atom stereocenters. The van der Waals surface area contributed by atoms with Crippen molar-refractivity contribution in [3.05, 3.63) is 59.7 Å². The number of hydrogen-bond acceptors (Lipinski definition) is 3. The zero-order valence-electron chi connectivity index (χ0n) is 17.6. The molecule has 0 spiro atoms. The highest BCUT2D eigenvalue weighted by Gasteiger charge is 2.23. The van der Waals surface area contributed by atoms with Gasteiger partial charge in [0, 0.05) is 37.9 Å². The van der Waals surface area contributed by atoms with E-state index in [9.17, 15) is 0 Å². The van der Waals surface area contributed by atoms with Crippen molar-refractivity contribution < 1.29 is 4.74 Å². The molecule has 158 valence electrons. The smallest absolute Gasteiger partial charge is 0.191 e. The van der Waals surface area contributed by atoms with Crippen LogP contribution in [0.3, 0.4) is 0 Å². The Bertz CT molecular complexity index is 796. The fourth-order valence-corrected chi connectivity index (χ4v) is 3.58. The Morgan fingerprint density at radius 1 is 1.17 bits per heavy atom. The summed E-state index contributed by atoms with van der Waals surface area (Å²) in [5.74, 6) is 2.41. The van der Waals surface area contributed by atoms with Crippen molar-refractivity contribution in [1.82, 2.24) is 10.6 Å². The van der Waals surface area contributed by atoms with Gasteiger partial charge in [0.05, 0.1) is 13.7 Å². The number of aryl methyl sites for hydroxylation is 1. The van der Waals surface area contributed by atoms with Crippen LogP contribution in [0, 0.1) is 12.8 Å². The van der Waals surface area contributed by atoms with Gasteiger partial charge in [-0.05, 0) is 49.4 Å². The number of nitrogens with one attached hydrogen (secondary N) is 2. The Kier molecular flexibility index (Phi) is 9.57. The molecule has 2 N–H and O–H groups in total. The summed E-state index contributed by atoms with van der Waals surface area (Å²) in [6.45, 7) is 8.86. The van der Waals surface area contributed by atoms with E-state index in [-0.39, 0.29) is 24.0 Å². The zero-order valence-corrected chi connectivity index (χ0v) is 20.0. The van der Waals surface area contributed by atoms with E-state index in [2.05, 4.69) is 71.8 Å². The summed E-state index contributed by atoms with van der Waals surface area (Å²) in [5.41, 5.74) is 3.79. The lowest BCUT2D eigenvalue weighted by molar-refractivity contribution is 0.415. The lowest BCUT2D eigenvalue weighted by atomic mass is 10.1. The molecule has 1 heterocycles. The molecular weight excluding hydrogens is 475 g/mol. The van der Waals surface area contributed by atoms with Crippen LogP contribution in [0.25, 0.3) is 0 Å². The quantitative estimate of drug-likeness (QED) is 0.335. The van der Waals surface area contributed by atoms with Gasteiger partial charge in [-0.1, -0.05) is 30.3 Å². The average molecular weight is 508 g/mol.